The van der Waals surface area contributed by atoms with Crippen LogP contribution < -0.4 is 0 Å². The molecule has 0 aliphatic carbocycles. The highest BCUT2D eigenvalue weighted by atomic mass is 19.1. The van der Waals surface area contributed by atoms with Gasteiger partial charge in [0.15, 0.2) is 0 Å². The predicted octanol–water partition coefficient (Wildman–Crippen LogP) is 8.00. The molecule has 0 aliphatic heterocycles. The zero-order valence-electron chi connectivity index (χ0n) is 18.0. The van der Waals surface area contributed by atoms with E-state index < -0.39 is 0 Å². The van der Waals surface area contributed by atoms with Gasteiger partial charge in [-0.2, -0.15) is 0 Å². The van der Waals surface area contributed by atoms with Crippen molar-refractivity contribution >= 4 is 6.08 Å². The maximum Gasteiger partial charge on any atom is 0.127 e. The summed E-state index contributed by atoms with van der Waals surface area (Å²) in [5.41, 5.74) is 3.78. The lowest BCUT2D eigenvalue weighted by Crippen LogP contribution is -2.08. The fourth-order valence-corrected chi connectivity index (χ4v) is 3.30. The van der Waals surface area contributed by atoms with Crippen LogP contribution in [0, 0.1) is 5.82 Å². The zero-order valence-corrected chi connectivity index (χ0v) is 18.0. The van der Waals surface area contributed by atoms with E-state index in [4.69, 9.17) is 4.74 Å². The fourth-order valence-electron chi connectivity index (χ4n) is 3.30. The molecule has 29 heavy (non-hydrogen) atoms. The van der Waals surface area contributed by atoms with E-state index in [9.17, 15) is 4.39 Å². The lowest BCUT2D eigenvalue weighted by atomic mass is 10.0. The van der Waals surface area contributed by atoms with Gasteiger partial charge in [-0.1, -0.05) is 74.4 Å². The van der Waals surface area contributed by atoms with Crippen LogP contribution in [0.2, 0.25) is 0 Å². The van der Waals surface area contributed by atoms with Crippen molar-refractivity contribution in [2.24, 2.45) is 0 Å². The van der Waals surface area contributed by atoms with E-state index in [0.29, 0.717) is 18.1 Å². The van der Waals surface area contributed by atoms with Gasteiger partial charge in [0.25, 0.3) is 0 Å². The van der Waals surface area contributed by atoms with E-state index in [2.05, 4.69) is 44.7 Å². The van der Waals surface area contributed by atoms with Gasteiger partial charge in [0, 0.05) is 6.61 Å². The molecule has 0 N–H and O–H groups in total. The van der Waals surface area contributed by atoms with Crippen molar-refractivity contribution in [1.82, 2.24) is 0 Å². The number of benzene rings is 2. The normalized spacial score (nSPS) is 12.4. The van der Waals surface area contributed by atoms with Gasteiger partial charge in [-0.05, 0) is 67.3 Å². The molecule has 0 saturated carbocycles. The molecule has 0 saturated heterocycles. The zero-order chi connectivity index (χ0) is 20.9. The molecule has 1 unspecified atom stereocenters. The Morgan fingerprint density at radius 3 is 2.48 bits per heavy atom. The topological polar surface area (TPSA) is 9.23 Å². The van der Waals surface area contributed by atoms with E-state index in [0.717, 1.165) is 37.0 Å². The number of hydrogen-bond acceptors (Lipinski definition) is 1. The van der Waals surface area contributed by atoms with Crippen molar-refractivity contribution in [3.63, 3.8) is 0 Å². The summed E-state index contributed by atoms with van der Waals surface area (Å²) in [6.45, 7) is 8.94. The van der Waals surface area contributed by atoms with Crippen molar-refractivity contribution in [2.45, 2.75) is 64.9 Å². The molecule has 0 aromatic heterocycles. The summed E-state index contributed by atoms with van der Waals surface area (Å²) in [6, 6.07) is 13.7. The largest absolute Gasteiger partial charge is 0.379 e. The van der Waals surface area contributed by atoms with Crippen molar-refractivity contribution in [3.05, 3.63) is 78.1 Å². The van der Waals surface area contributed by atoms with Gasteiger partial charge in [0.05, 0.1) is 6.10 Å². The Balaban J connectivity index is 1.77. The Bertz CT molecular complexity index is 761. The number of ether oxygens (including phenoxy) is 1. The molecule has 2 aromatic carbocycles. The maximum atomic E-state index is 14.1. The van der Waals surface area contributed by atoms with Gasteiger partial charge >= 0.3 is 0 Å². The first-order valence-electron chi connectivity index (χ1n) is 10.9. The summed E-state index contributed by atoms with van der Waals surface area (Å²) in [7, 11) is 0. The van der Waals surface area contributed by atoms with Crippen LogP contribution in [0.3, 0.4) is 0 Å². The summed E-state index contributed by atoms with van der Waals surface area (Å²) < 4.78 is 20.0. The van der Waals surface area contributed by atoms with Crippen LogP contribution in [-0.4, -0.2) is 12.7 Å². The average molecular weight is 395 g/mol. The number of halogens is 1. The first-order chi connectivity index (χ1) is 14.1. The van der Waals surface area contributed by atoms with Gasteiger partial charge < -0.3 is 4.74 Å². The van der Waals surface area contributed by atoms with E-state index in [-0.39, 0.29) is 5.82 Å². The fraction of sp³-hybridized carbons (Fsp3) is 0.407. The van der Waals surface area contributed by atoms with Crippen LogP contribution in [-0.2, 0) is 11.2 Å². The number of allylic oxidation sites excluding steroid dienone is 2. The van der Waals surface area contributed by atoms with Crippen molar-refractivity contribution in [3.8, 4) is 11.1 Å². The molecule has 2 aromatic rings. The van der Waals surface area contributed by atoms with Crippen molar-refractivity contribution in [2.75, 3.05) is 6.61 Å². The minimum atomic E-state index is -0.171. The SMILES string of the molecule is C=CCc1ccc(-c2ccc(/C=C/CCCC(C)OCCCCC)cc2)cc1F. The molecule has 0 amide bonds. The molecular weight excluding hydrogens is 359 g/mol. The monoisotopic (exact) mass is 394 g/mol. The van der Waals surface area contributed by atoms with Crippen LogP contribution in [0.15, 0.2) is 61.2 Å². The number of rotatable bonds is 13. The minimum Gasteiger partial charge on any atom is -0.379 e. The number of hydrogen-bond donors (Lipinski definition) is 0. The van der Waals surface area contributed by atoms with Gasteiger partial charge in [-0.15, -0.1) is 6.58 Å². The molecule has 0 bridgehead atoms. The Morgan fingerprint density at radius 1 is 1.03 bits per heavy atom. The second kappa shape index (κ2) is 13.1. The average Bonchev–Trinajstić information content (AvgIpc) is 2.73. The molecular formula is C27H35FO. The summed E-state index contributed by atoms with van der Waals surface area (Å²) in [5, 5.41) is 0. The summed E-state index contributed by atoms with van der Waals surface area (Å²) in [4.78, 5) is 0. The molecule has 2 heteroatoms. The Labute approximate surface area is 176 Å². The molecule has 0 fully saturated rings. The molecule has 156 valence electrons. The summed E-state index contributed by atoms with van der Waals surface area (Å²) in [6.07, 6.45) is 14.0. The first kappa shape index (κ1) is 23.1. The maximum absolute atomic E-state index is 14.1. The van der Waals surface area contributed by atoms with Gasteiger partial charge in [0.1, 0.15) is 5.82 Å². The molecule has 0 spiro atoms. The third-order valence-corrected chi connectivity index (χ3v) is 5.10. The summed E-state index contributed by atoms with van der Waals surface area (Å²) in [5.74, 6) is -0.171. The lowest BCUT2D eigenvalue weighted by molar-refractivity contribution is 0.0566. The van der Waals surface area contributed by atoms with Crippen LogP contribution >= 0.6 is 0 Å². The van der Waals surface area contributed by atoms with Crippen molar-refractivity contribution in [1.29, 1.82) is 0 Å². The molecule has 0 heterocycles. The third kappa shape index (κ3) is 8.37. The van der Waals surface area contributed by atoms with Gasteiger partial charge in [-0.25, -0.2) is 4.39 Å². The quantitative estimate of drug-likeness (QED) is 0.247. The van der Waals surface area contributed by atoms with Crippen LogP contribution in [0.5, 0.6) is 0 Å². The van der Waals surface area contributed by atoms with E-state index in [1.54, 1.807) is 12.1 Å². The van der Waals surface area contributed by atoms with Crippen LogP contribution in [0.4, 0.5) is 4.39 Å². The molecule has 1 atom stereocenters. The second-order valence-corrected chi connectivity index (χ2v) is 7.64. The second-order valence-electron chi connectivity index (χ2n) is 7.64. The third-order valence-electron chi connectivity index (χ3n) is 5.10. The Kier molecular flexibility index (Phi) is 10.4. The van der Waals surface area contributed by atoms with Gasteiger partial charge in [-0.3, -0.25) is 0 Å². The lowest BCUT2D eigenvalue weighted by Gasteiger charge is -2.12. The van der Waals surface area contributed by atoms with E-state index in [1.807, 2.05) is 24.3 Å². The van der Waals surface area contributed by atoms with Crippen LogP contribution in [0.25, 0.3) is 17.2 Å². The van der Waals surface area contributed by atoms with Crippen LogP contribution in [0.1, 0.15) is 63.5 Å². The Hall–Kier alpha value is -2.19. The highest BCUT2D eigenvalue weighted by Crippen LogP contribution is 2.23. The summed E-state index contributed by atoms with van der Waals surface area (Å²) >= 11 is 0. The van der Waals surface area contributed by atoms with E-state index >= 15 is 0 Å². The standard InChI is InChI=1S/C27H35FO/c1-4-6-10-20-29-22(3)12-8-7-9-13-23-14-16-24(17-15-23)26-19-18-25(11-5-2)27(28)21-26/h5,9,13-19,21-22H,2,4,6-8,10-12,20H2,1,3H3/b13-9+. The Morgan fingerprint density at radius 2 is 1.79 bits per heavy atom. The first-order valence-corrected chi connectivity index (χ1v) is 10.9. The van der Waals surface area contributed by atoms with Crippen molar-refractivity contribution < 1.29 is 9.13 Å². The number of unbranched alkanes of at least 4 members (excludes halogenated alkanes) is 3. The highest BCUT2D eigenvalue weighted by molar-refractivity contribution is 5.66. The molecule has 1 nitrogen and oxygen atoms in total. The highest BCUT2D eigenvalue weighted by Gasteiger charge is 2.04. The molecule has 0 aliphatic rings. The predicted molar refractivity (Wildman–Crippen MR) is 124 cm³/mol. The van der Waals surface area contributed by atoms with E-state index in [1.165, 1.54) is 24.8 Å². The minimum absolute atomic E-state index is 0.171. The molecule has 0 radical (unpaired) electrons. The van der Waals surface area contributed by atoms with Gasteiger partial charge in [0.2, 0.25) is 0 Å². The smallest absolute Gasteiger partial charge is 0.127 e. The molecule has 2 rings (SSSR count).